The van der Waals surface area contributed by atoms with Crippen molar-refractivity contribution in [3.8, 4) is 5.69 Å². The highest BCUT2D eigenvalue weighted by atomic mass is 15.3. The fourth-order valence-corrected chi connectivity index (χ4v) is 2.38. The third-order valence-corrected chi connectivity index (χ3v) is 3.36. The van der Waals surface area contributed by atoms with Gasteiger partial charge in [-0.25, -0.2) is 9.67 Å². The number of imidazole rings is 1. The summed E-state index contributed by atoms with van der Waals surface area (Å²) in [7, 11) is 0. The summed E-state index contributed by atoms with van der Waals surface area (Å²) in [4.78, 5) is 7.60. The Kier molecular flexibility index (Phi) is 4.12. The zero-order valence-corrected chi connectivity index (χ0v) is 12.0. The predicted molar refractivity (Wildman–Crippen MR) is 82.3 cm³/mol. The number of H-pyrrole nitrogens is 1. The monoisotopic (exact) mass is 281 g/mol. The second-order valence-corrected chi connectivity index (χ2v) is 4.86. The molecule has 2 aromatic heterocycles. The number of aromatic amines is 1. The van der Waals surface area contributed by atoms with Gasteiger partial charge in [0, 0.05) is 18.6 Å². The fourth-order valence-electron chi connectivity index (χ4n) is 2.38. The van der Waals surface area contributed by atoms with Crippen molar-refractivity contribution in [2.24, 2.45) is 0 Å². The molecule has 0 aliphatic rings. The van der Waals surface area contributed by atoms with E-state index >= 15 is 0 Å². The predicted octanol–water partition coefficient (Wildman–Crippen LogP) is 2.68. The van der Waals surface area contributed by atoms with Crippen LogP contribution in [0.5, 0.6) is 0 Å². The summed E-state index contributed by atoms with van der Waals surface area (Å²) < 4.78 is 1.95. The van der Waals surface area contributed by atoms with Crippen molar-refractivity contribution < 1.29 is 0 Å². The molecule has 5 nitrogen and oxygen atoms in total. The first-order valence-corrected chi connectivity index (χ1v) is 7.22. The zero-order valence-electron chi connectivity index (χ0n) is 12.0. The number of benzene rings is 1. The largest absolute Gasteiger partial charge is 0.347 e. The molecule has 108 valence electrons. The van der Waals surface area contributed by atoms with E-state index in [2.05, 4.69) is 39.4 Å². The van der Waals surface area contributed by atoms with Gasteiger partial charge in [-0.1, -0.05) is 25.1 Å². The molecule has 0 aliphatic carbocycles. The molecule has 1 aromatic carbocycles. The van der Waals surface area contributed by atoms with E-state index in [1.165, 1.54) is 0 Å². The number of nitrogens with zero attached hydrogens (tertiary/aromatic N) is 3. The SMILES string of the molecule is CCCNC(c1ncc[nH]1)c1ccnn1-c1ccccc1. The van der Waals surface area contributed by atoms with E-state index in [9.17, 15) is 0 Å². The molecule has 0 spiro atoms. The van der Waals surface area contributed by atoms with Gasteiger partial charge in [-0.3, -0.25) is 0 Å². The molecule has 1 atom stereocenters. The van der Waals surface area contributed by atoms with Crippen molar-refractivity contribution in [3.63, 3.8) is 0 Å². The first-order valence-electron chi connectivity index (χ1n) is 7.22. The zero-order chi connectivity index (χ0) is 14.5. The summed E-state index contributed by atoms with van der Waals surface area (Å²) in [6.07, 6.45) is 6.51. The van der Waals surface area contributed by atoms with Gasteiger partial charge in [0.2, 0.25) is 0 Å². The van der Waals surface area contributed by atoms with Crippen LogP contribution in [0.15, 0.2) is 55.0 Å². The minimum absolute atomic E-state index is 0.00246. The lowest BCUT2D eigenvalue weighted by molar-refractivity contribution is 0.550. The highest BCUT2D eigenvalue weighted by Crippen LogP contribution is 2.21. The molecule has 0 saturated heterocycles. The van der Waals surface area contributed by atoms with Gasteiger partial charge in [0.25, 0.3) is 0 Å². The Morgan fingerprint density at radius 3 is 2.76 bits per heavy atom. The number of nitrogens with one attached hydrogen (secondary N) is 2. The first-order chi connectivity index (χ1) is 10.4. The summed E-state index contributed by atoms with van der Waals surface area (Å²) >= 11 is 0. The Balaban J connectivity index is 1.99. The maximum Gasteiger partial charge on any atom is 0.129 e. The van der Waals surface area contributed by atoms with Crippen LogP contribution in [0.3, 0.4) is 0 Å². The molecule has 0 amide bonds. The molecule has 2 heterocycles. The lowest BCUT2D eigenvalue weighted by Crippen LogP contribution is -2.26. The van der Waals surface area contributed by atoms with Crippen molar-refractivity contribution in [2.45, 2.75) is 19.4 Å². The molecule has 3 rings (SSSR count). The van der Waals surface area contributed by atoms with E-state index in [1.807, 2.05) is 41.3 Å². The highest BCUT2D eigenvalue weighted by molar-refractivity contribution is 5.34. The third-order valence-electron chi connectivity index (χ3n) is 3.36. The average molecular weight is 281 g/mol. The van der Waals surface area contributed by atoms with Crippen LogP contribution in [-0.4, -0.2) is 26.3 Å². The minimum atomic E-state index is 0.00246. The molecular formula is C16H19N5. The van der Waals surface area contributed by atoms with E-state index < -0.39 is 0 Å². The summed E-state index contributed by atoms with van der Waals surface area (Å²) in [6.45, 7) is 3.08. The van der Waals surface area contributed by atoms with Crippen LogP contribution in [0, 0.1) is 0 Å². The minimum Gasteiger partial charge on any atom is -0.347 e. The molecule has 3 aromatic rings. The third kappa shape index (κ3) is 2.87. The number of hydrogen-bond acceptors (Lipinski definition) is 3. The molecule has 0 radical (unpaired) electrons. The molecule has 0 fully saturated rings. The molecular weight excluding hydrogens is 262 g/mol. The fraction of sp³-hybridized carbons (Fsp3) is 0.250. The quantitative estimate of drug-likeness (QED) is 0.730. The van der Waals surface area contributed by atoms with E-state index in [-0.39, 0.29) is 6.04 Å². The average Bonchev–Trinajstić information content (AvgIpc) is 3.20. The lowest BCUT2D eigenvalue weighted by Gasteiger charge is -2.18. The smallest absolute Gasteiger partial charge is 0.129 e. The number of rotatable bonds is 6. The molecule has 1 unspecified atom stereocenters. The standard InChI is InChI=1S/C16H19N5/c1-2-9-17-15(16-18-11-12-19-16)14-8-10-20-21(14)13-6-4-3-5-7-13/h3-8,10-12,15,17H,2,9H2,1H3,(H,18,19). The molecule has 0 bridgehead atoms. The van der Waals surface area contributed by atoms with Crippen LogP contribution >= 0.6 is 0 Å². The van der Waals surface area contributed by atoms with Crippen LogP contribution < -0.4 is 5.32 Å². The summed E-state index contributed by atoms with van der Waals surface area (Å²) in [6, 6.07) is 12.2. The Bertz CT molecular complexity index is 657. The molecule has 21 heavy (non-hydrogen) atoms. The van der Waals surface area contributed by atoms with Crippen molar-refractivity contribution in [1.29, 1.82) is 0 Å². The molecule has 0 aliphatic heterocycles. The molecule has 0 saturated carbocycles. The van der Waals surface area contributed by atoms with Crippen LogP contribution in [0.25, 0.3) is 5.69 Å². The van der Waals surface area contributed by atoms with Crippen molar-refractivity contribution >= 4 is 0 Å². The second kappa shape index (κ2) is 6.37. The second-order valence-electron chi connectivity index (χ2n) is 4.86. The van der Waals surface area contributed by atoms with E-state index in [1.54, 1.807) is 6.20 Å². The number of aromatic nitrogens is 4. The first kappa shape index (κ1) is 13.6. The summed E-state index contributed by atoms with van der Waals surface area (Å²) in [5, 5.41) is 7.99. The van der Waals surface area contributed by atoms with Crippen LogP contribution in [-0.2, 0) is 0 Å². The Morgan fingerprint density at radius 1 is 1.19 bits per heavy atom. The van der Waals surface area contributed by atoms with Gasteiger partial charge in [-0.15, -0.1) is 0 Å². The van der Waals surface area contributed by atoms with Crippen LogP contribution in [0.2, 0.25) is 0 Å². The lowest BCUT2D eigenvalue weighted by atomic mass is 10.1. The molecule has 5 heteroatoms. The Labute approximate surface area is 124 Å². The summed E-state index contributed by atoms with van der Waals surface area (Å²) in [5.74, 6) is 0.904. The van der Waals surface area contributed by atoms with Crippen molar-refractivity contribution in [3.05, 3.63) is 66.5 Å². The van der Waals surface area contributed by atoms with Gasteiger partial charge in [0.1, 0.15) is 11.9 Å². The highest BCUT2D eigenvalue weighted by Gasteiger charge is 2.20. The van der Waals surface area contributed by atoms with Crippen molar-refractivity contribution in [2.75, 3.05) is 6.54 Å². The van der Waals surface area contributed by atoms with Gasteiger partial charge >= 0.3 is 0 Å². The molecule has 2 N–H and O–H groups in total. The van der Waals surface area contributed by atoms with Crippen LogP contribution in [0.4, 0.5) is 0 Å². The number of para-hydroxylation sites is 1. The van der Waals surface area contributed by atoms with Gasteiger partial charge in [0.15, 0.2) is 0 Å². The van der Waals surface area contributed by atoms with Gasteiger partial charge < -0.3 is 10.3 Å². The normalized spacial score (nSPS) is 12.4. The van der Waals surface area contributed by atoms with E-state index in [0.717, 1.165) is 30.2 Å². The van der Waals surface area contributed by atoms with E-state index in [4.69, 9.17) is 0 Å². The van der Waals surface area contributed by atoms with Gasteiger partial charge in [0.05, 0.1) is 11.4 Å². The van der Waals surface area contributed by atoms with Gasteiger partial charge in [-0.2, -0.15) is 5.10 Å². The Morgan fingerprint density at radius 2 is 2.05 bits per heavy atom. The topological polar surface area (TPSA) is 58.5 Å². The Hall–Kier alpha value is -2.40. The maximum atomic E-state index is 4.46. The maximum absolute atomic E-state index is 4.46. The van der Waals surface area contributed by atoms with Gasteiger partial charge in [-0.05, 0) is 31.2 Å². The van der Waals surface area contributed by atoms with E-state index in [0.29, 0.717) is 0 Å². The number of hydrogen-bond donors (Lipinski definition) is 2. The van der Waals surface area contributed by atoms with Crippen LogP contribution in [0.1, 0.15) is 30.9 Å². The van der Waals surface area contributed by atoms with Crippen molar-refractivity contribution in [1.82, 2.24) is 25.1 Å². The summed E-state index contributed by atoms with van der Waals surface area (Å²) in [5.41, 5.74) is 2.12.